The van der Waals surface area contributed by atoms with Crippen molar-refractivity contribution < 1.29 is 32.9 Å². The zero-order valence-electron chi connectivity index (χ0n) is 19.9. The van der Waals surface area contributed by atoms with Gasteiger partial charge < -0.3 is 23.8 Å². The number of halogens is 1. The molecule has 0 saturated carbocycles. The molecule has 0 spiro atoms. The predicted molar refractivity (Wildman–Crippen MR) is 123 cm³/mol. The van der Waals surface area contributed by atoms with Crippen LogP contribution in [0.4, 0.5) is 14.9 Å². The van der Waals surface area contributed by atoms with Gasteiger partial charge in [0.1, 0.15) is 17.2 Å². The third kappa shape index (κ3) is 4.94. The Morgan fingerprint density at radius 1 is 1.09 bits per heavy atom. The van der Waals surface area contributed by atoms with Crippen LogP contribution in [-0.2, 0) is 20.8 Å². The van der Waals surface area contributed by atoms with Crippen molar-refractivity contribution in [3.63, 3.8) is 0 Å². The molecule has 0 radical (unpaired) electrons. The lowest BCUT2D eigenvalue weighted by atomic mass is 9.97. The van der Waals surface area contributed by atoms with Crippen LogP contribution in [0.3, 0.4) is 0 Å². The minimum Gasteiger partial charge on any atom is -0.472 e. The molecule has 0 bridgehead atoms. The average Bonchev–Trinajstić information content (AvgIpc) is 2.82. The van der Waals surface area contributed by atoms with Gasteiger partial charge in [-0.25, -0.2) is 14.0 Å². The molecule has 0 unspecified atom stereocenters. The second-order valence-corrected chi connectivity index (χ2v) is 9.19. The summed E-state index contributed by atoms with van der Waals surface area (Å²) in [4.78, 5) is 28.3. The third-order valence-electron chi connectivity index (χ3n) is 5.61. The first kappa shape index (κ1) is 23.8. The average molecular weight is 473 g/mol. The van der Waals surface area contributed by atoms with E-state index in [0.29, 0.717) is 48.9 Å². The highest BCUT2D eigenvalue weighted by atomic mass is 19.1. The monoisotopic (exact) mass is 472 g/mol. The highest BCUT2D eigenvalue weighted by molar-refractivity contribution is 5.97. The lowest BCUT2D eigenvalue weighted by Gasteiger charge is -2.32. The summed E-state index contributed by atoms with van der Waals surface area (Å²) in [6.45, 7) is 7.83. The van der Waals surface area contributed by atoms with E-state index in [1.54, 1.807) is 39.0 Å². The van der Waals surface area contributed by atoms with Crippen molar-refractivity contribution in [3.8, 4) is 16.9 Å². The molecule has 34 heavy (non-hydrogen) atoms. The molecule has 2 aromatic carbocycles. The SMILES string of the molecule is COC(=O)c1cc(F)c(-c2cccc3c2OCN(C(=O)OC(C)(C)C)C3)cc1N1CCOCC1. The highest BCUT2D eigenvalue weighted by Gasteiger charge is 2.29. The predicted octanol–water partition coefficient (Wildman–Crippen LogP) is 4.20. The molecule has 4 rings (SSSR count). The Balaban J connectivity index is 1.71. The summed E-state index contributed by atoms with van der Waals surface area (Å²) < 4.78 is 37.0. The number of benzene rings is 2. The summed E-state index contributed by atoms with van der Waals surface area (Å²) in [6.07, 6.45) is -0.480. The quantitative estimate of drug-likeness (QED) is 0.620. The highest BCUT2D eigenvalue weighted by Crippen LogP contribution is 2.40. The van der Waals surface area contributed by atoms with Gasteiger partial charge in [-0.3, -0.25) is 4.90 Å². The van der Waals surface area contributed by atoms with Crippen LogP contribution < -0.4 is 9.64 Å². The minimum absolute atomic E-state index is 0.0168. The number of rotatable bonds is 3. The standard InChI is InChI=1S/C25H29FN2O6/c1-25(2,3)34-24(30)28-14-16-6-5-7-17(22(16)33-15-28)18-13-21(27-8-10-32-11-9-27)19(12-20(18)26)23(29)31-4/h5-7,12-13H,8-11,14-15H2,1-4H3. The topological polar surface area (TPSA) is 77.5 Å². The molecule has 0 aromatic heterocycles. The molecule has 2 aliphatic heterocycles. The van der Waals surface area contributed by atoms with E-state index in [0.717, 1.165) is 5.56 Å². The maximum atomic E-state index is 15.3. The molecule has 2 aliphatic rings. The van der Waals surface area contributed by atoms with Crippen LogP contribution in [0.25, 0.3) is 11.1 Å². The molecule has 2 heterocycles. The molecular formula is C25H29FN2O6. The number of carbonyl (C=O) groups is 2. The summed E-state index contributed by atoms with van der Waals surface area (Å²) in [7, 11) is 1.27. The molecule has 8 nitrogen and oxygen atoms in total. The summed E-state index contributed by atoms with van der Waals surface area (Å²) in [5.74, 6) is -0.671. The van der Waals surface area contributed by atoms with Crippen molar-refractivity contribution in [2.75, 3.05) is 45.0 Å². The zero-order chi connectivity index (χ0) is 24.5. The van der Waals surface area contributed by atoms with Crippen molar-refractivity contribution in [3.05, 3.63) is 47.3 Å². The van der Waals surface area contributed by atoms with Gasteiger partial charge in [0, 0.05) is 29.8 Å². The number of para-hydroxylation sites is 1. The number of morpholine rings is 1. The molecule has 2 aromatic rings. The van der Waals surface area contributed by atoms with Gasteiger partial charge in [0.05, 0.1) is 38.1 Å². The van der Waals surface area contributed by atoms with Gasteiger partial charge >= 0.3 is 12.1 Å². The van der Waals surface area contributed by atoms with Gasteiger partial charge in [0.25, 0.3) is 0 Å². The van der Waals surface area contributed by atoms with E-state index in [4.69, 9.17) is 18.9 Å². The second-order valence-electron chi connectivity index (χ2n) is 9.19. The molecular weight excluding hydrogens is 443 g/mol. The van der Waals surface area contributed by atoms with E-state index in [9.17, 15) is 9.59 Å². The molecule has 182 valence electrons. The fourth-order valence-electron chi connectivity index (χ4n) is 4.04. The van der Waals surface area contributed by atoms with Gasteiger partial charge in [0.2, 0.25) is 0 Å². The first-order valence-electron chi connectivity index (χ1n) is 11.2. The number of hydrogen-bond acceptors (Lipinski definition) is 7. The van der Waals surface area contributed by atoms with Crippen LogP contribution in [0.1, 0.15) is 36.7 Å². The zero-order valence-corrected chi connectivity index (χ0v) is 19.9. The van der Waals surface area contributed by atoms with Gasteiger partial charge in [-0.2, -0.15) is 0 Å². The number of anilines is 1. The van der Waals surface area contributed by atoms with E-state index in [1.807, 2.05) is 11.0 Å². The van der Waals surface area contributed by atoms with Gasteiger partial charge in [-0.1, -0.05) is 18.2 Å². The summed E-state index contributed by atoms with van der Waals surface area (Å²) in [6, 6.07) is 8.26. The number of amides is 1. The Morgan fingerprint density at radius 2 is 1.82 bits per heavy atom. The van der Waals surface area contributed by atoms with Crippen LogP contribution in [0.2, 0.25) is 0 Å². The Morgan fingerprint density at radius 3 is 2.50 bits per heavy atom. The minimum atomic E-state index is -0.625. The summed E-state index contributed by atoms with van der Waals surface area (Å²) in [5, 5.41) is 0. The lowest BCUT2D eigenvalue weighted by Crippen LogP contribution is -2.40. The van der Waals surface area contributed by atoms with Crippen molar-refractivity contribution >= 4 is 17.7 Å². The van der Waals surface area contributed by atoms with Gasteiger partial charge in [0.15, 0.2) is 6.73 Å². The van der Waals surface area contributed by atoms with Crippen molar-refractivity contribution in [1.82, 2.24) is 4.90 Å². The van der Waals surface area contributed by atoms with Crippen LogP contribution in [0.15, 0.2) is 30.3 Å². The van der Waals surface area contributed by atoms with Gasteiger partial charge in [-0.15, -0.1) is 0 Å². The number of hydrogen-bond donors (Lipinski definition) is 0. The Hall–Kier alpha value is -3.33. The Kier molecular flexibility index (Phi) is 6.65. The number of ether oxygens (including phenoxy) is 4. The number of carbonyl (C=O) groups excluding carboxylic acids is 2. The fraction of sp³-hybridized carbons (Fsp3) is 0.440. The van der Waals surface area contributed by atoms with Gasteiger partial charge in [-0.05, 0) is 32.9 Å². The molecule has 0 atom stereocenters. The van der Waals surface area contributed by atoms with Crippen LogP contribution in [0.5, 0.6) is 5.75 Å². The van der Waals surface area contributed by atoms with Crippen LogP contribution in [-0.4, -0.2) is 62.7 Å². The lowest BCUT2D eigenvalue weighted by molar-refractivity contribution is 0.00247. The number of esters is 1. The second kappa shape index (κ2) is 9.50. The Labute approximate surface area is 198 Å². The van der Waals surface area contributed by atoms with Crippen molar-refractivity contribution in [2.45, 2.75) is 32.9 Å². The first-order chi connectivity index (χ1) is 16.2. The number of methoxy groups -OCH3 is 1. The first-order valence-corrected chi connectivity index (χ1v) is 11.2. The third-order valence-corrected chi connectivity index (χ3v) is 5.61. The summed E-state index contributed by atoms with van der Waals surface area (Å²) in [5.41, 5.74) is 1.70. The maximum absolute atomic E-state index is 15.3. The molecule has 1 fully saturated rings. The van der Waals surface area contributed by atoms with E-state index < -0.39 is 23.5 Å². The molecule has 0 aliphatic carbocycles. The van der Waals surface area contributed by atoms with Crippen LogP contribution in [0, 0.1) is 5.82 Å². The largest absolute Gasteiger partial charge is 0.472 e. The fourth-order valence-corrected chi connectivity index (χ4v) is 4.04. The van der Waals surface area contributed by atoms with Crippen molar-refractivity contribution in [2.24, 2.45) is 0 Å². The molecule has 0 N–H and O–H groups in total. The smallest absolute Gasteiger partial charge is 0.413 e. The summed E-state index contributed by atoms with van der Waals surface area (Å²) >= 11 is 0. The molecule has 9 heteroatoms. The normalized spacial score (nSPS) is 15.9. The van der Waals surface area contributed by atoms with E-state index in [2.05, 4.69) is 0 Å². The van der Waals surface area contributed by atoms with E-state index in [1.165, 1.54) is 18.1 Å². The van der Waals surface area contributed by atoms with E-state index in [-0.39, 0.29) is 18.8 Å². The number of nitrogens with zero attached hydrogens (tertiary/aromatic N) is 2. The molecule has 1 amide bonds. The van der Waals surface area contributed by atoms with E-state index >= 15 is 4.39 Å². The number of fused-ring (bicyclic) bond motifs is 1. The Bertz CT molecular complexity index is 1090. The molecule has 1 saturated heterocycles. The van der Waals surface area contributed by atoms with Crippen molar-refractivity contribution in [1.29, 1.82) is 0 Å². The van der Waals surface area contributed by atoms with Crippen LogP contribution >= 0.6 is 0 Å². The maximum Gasteiger partial charge on any atom is 0.413 e.